The fourth-order valence-corrected chi connectivity index (χ4v) is 3.43. The highest BCUT2D eigenvalue weighted by Crippen LogP contribution is 2.33. The summed E-state index contributed by atoms with van der Waals surface area (Å²) in [5, 5.41) is 8.87. The molecule has 2 aromatic rings. The number of carbonyl (C=O) groups is 1. The molecule has 0 spiro atoms. The molecule has 0 aromatic heterocycles. The monoisotopic (exact) mass is 364 g/mol. The maximum Gasteiger partial charge on any atom is 0.263 e. The smallest absolute Gasteiger partial charge is 0.263 e. The topological polar surface area (TPSA) is 62.6 Å². The summed E-state index contributed by atoms with van der Waals surface area (Å²) in [6.45, 7) is 5.10. The second-order valence-electron chi connectivity index (χ2n) is 6.59. The summed E-state index contributed by atoms with van der Waals surface area (Å²) in [5.41, 5.74) is 1.69. The van der Waals surface area contributed by atoms with Crippen molar-refractivity contribution in [1.82, 2.24) is 4.90 Å². The first-order valence-electron chi connectivity index (χ1n) is 9.32. The number of hydrogen-bond acceptors (Lipinski definition) is 4. The molecule has 0 saturated carbocycles. The predicted octanol–water partition coefficient (Wildman–Crippen LogP) is 4.09. The Balaban J connectivity index is 1.67. The Hall–Kier alpha value is -3.00. The van der Waals surface area contributed by atoms with Gasteiger partial charge in [-0.2, -0.15) is 5.26 Å². The van der Waals surface area contributed by atoms with Crippen LogP contribution >= 0.6 is 0 Å². The van der Waals surface area contributed by atoms with Crippen LogP contribution < -0.4 is 9.47 Å². The average Bonchev–Trinajstić information content (AvgIpc) is 3.18. The van der Waals surface area contributed by atoms with Gasteiger partial charge in [0.25, 0.3) is 5.91 Å². The lowest BCUT2D eigenvalue weighted by atomic mass is 10.0. The molecule has 27 heavy (non-hydrogen) atoms. The Kier molecular flexibility index (Phi) is 5.97. The molecule has 3 rings (SSSR count). The highest BCUT2D eigenvalue weighted by molar-refractivity contribution is 5.81. The maximum absolute atomic E-state index is 12.9. The van der Waals surface area contributed by atoms with Crippen LogP contribution in [-0.4, -0.2) is 30.1 Å². The summed E-state index contributed by atoms with van der Waals surface area (Å²) in [5.74, 6) is 1.41. The van der Waals surface area contributed by atoms with Crippen molar-refractivity contribution in [3.8, 4) is 17.6 Å². The number of nitrogens with zero attached hydrogens (tertiary/aromatic N) is 2. The summed E-state index contributed by atoms with van der Waals surface area (Å²) < 4.78 is 11.3. The van der Waals surface area contributed by atoms with E-state index in [2.05, 4.69) is 6.07 Å². The van der Waals surface area contributed by atoms with E-state index in [9.17, 15) is 4.79 Å². The molecule has 2 unspecified atom stereocenters. The van der Waals surface area contributed by atoms with Crippen molar-refractivity contribution in [3.63, 3.8) is 0 Å². The zero-order valence-corrected chi connectivity index (χ0v) is 15.7. The van der Waals surface area contributed by atoms with Gasteiger partial charge >= 0.3 is 0 Å². The molecule has 140 valence electrons. The van der Waals surface area contributed by atoms with E-state index < -0.39 is 6.10 Å². The van der Waals surface area contributed by atoms with Crippen LogP contribution in [0.3, 0.4) is 0 Å². The molecule has 0 aliphatic carbocycles. The summed E-state index contributed by atoms with van der Waals surface area (Å²) in [6.07, 6.45) is 1.34. The van der Waals surface area contributed by atoms with Gasteiger partial charge < -0.3 is 14.4 Å². The maximum atomic E-state index is 12.9. The quantitative estimate of drug-likeness (QED) is 0.774. The highest BCUT2D eigenvalue weighted by Gasteiger charge is 2.33. The molecule has 5 nitrogen and oxygen atoms in total. The number of hydrogen-bond donors (Lipinski definition) is 0. The molecule has 2 aromatic carbocycles. The third-order valence-corrected chi connectivity index (χ3v) is 4.76. The van der Waals surface area contributed by atoms with Crippen molar-refractivity contribution in [2.45, 2.75) is 38.8 Å². The molecule has 0 radical (unpaired) electrons. The molecule has 1 aliphatic rings. The summed E-state index contributed by atoms with van der Waals surface area (Å²) >= 11 is 0. The van der Waals surface area contributed by atoms with E-state index in [1.165, 1.54) is 0 Å². The van der Waals surface area contributed by atoms with Crippen LogP contribution in [0.25, 0.3) is 0 Å². The zero-order valence-electron chi connectivity index (χ0n) is 15.7. The molecule has 1 heterocycles. The largest absolute Gasteiger partial charge is 0.494 e. The molecule has 1 saturated heterocycles. The molecule has 1 amide bonds. The number of nitriles is 1. The van der Waals surface area contributed by atoms with Crippen LogP contribution in [0.4, 0.5) is 0 Å². The van der Waals surface area contributed by atoms with Crippen molar-refractivity contribution < 1.29 is 14.3 Å². The number of rotatable bonds is 6. The van der Waals surface area contributed by atoms with Gasteiger partial charge in [-0.3, -0.25) is 4.79 Å². The van der Waals surface area contributed by atoms with Crippen molar-refractivity contribution in [3.05, 3.63) is 59.7 Å². The van der Waals surface area contributed by atoms with Crippen molar-refractivity contribution >= 4 is 5.91 Å². The summed E-state index contributed by atoms with van der Waals surface area (Å²) in [6, 6.07) is 16.9. The third-order valence-electron chi connectivity index (χ3n) is 4.76. The number of likely N-dealkylation sites (tertiary alicyclic amines) is 1. The zero-order chi connectivity index (χ0) is 19.2. The van der Waals surface area contributed by atoms with Gasteiger partial charge in [-0.15, -0.1) is 0 Å². The first-order chi connectivity index (χ1) is 13.1. The first-order valence-corrected chi connectivity index (χ1v) is 9.32. The number of benzene rings is 2. The molecule has 1 aliphatic heterocycles. The third kappa shape index (κ3) is 4.40. The number of ether oxygens (including phenoxy) is 2. The van der Waals surface area contributed by atoms with Crippen LogP contribution in [0.1, 0.15) is 43.9 Å². The Morgan fingerprint density at radius 1 is 1.19 bits per heavy atom. The van der Waals surface area contributed by atoms with Crippen molar-refractivity contribution in [2.24, 2.45) is 0 Å². The van der Waals surface area contributed by atoms with Crippen molar-refractivity contribution in [1.29, 1.82) is 5.26 Å². The van der Waals surface area contributed by atoms with Gasteiger partial charge in [0.05, 0.1) is 24.3 Å². The molecule has 1 fully saturated rings. The fourth-order valence-electron chi connectivity index (χ4n) is 3.43. The Labute approximate surface area is 160 Å². The van der Waals surface area contributed by atoms with E-state index in [1.54, 1.807) is 31.2 Å². The van der Waals surface area contributed by atoms with E-state index in [1.807, 2.05) is 36.1 Å². The van der Waals surface area contributed by atoms with Gasteiger partial charge in [-0.05, 0) is 68.7 Å². The average molecular weight is 364 g/mol. The van der Waals surface area contributed by atoms with E-state index >= 15 is 0 Å². The van der Waals surface area contributed by atoms with E-state index in [0.717, 1.165) is 30.7 Å². The Morgan fingerprint density at radius 2 is 1.85 bits per heavy atom. The second kappa shape index (κ2) is 8.59. The predicted molar refractivity (Wildman–Crippen MR) is 103 cm³/mol. The molecule has 0 bridgehead atoms. The van der Waals surface area contributed by atoms with Gasteiger partial charge in [0.15, 0.2) is 6.10 Å². The lowest BCUT2D eigenvalue weighted by Crippen LogP contribution is -2.40. The van der Waals surface area contributed by atoms with Crippen LogP contribution in [0, 0.1) is 11.3 Å². The van der Waals surface area contributed by atoms with E-state index in [-0.39, 0.29) is 11.9 Å². The second-order valence-corrected chi connectivity index (χ2v) is 6.59. The van der Waals surface area contributed by atoms with Gasteiger partial charge in [0, 0.05) is 6.54 Å². The number of carbonyl (C=O) groups excluding carboxylic acids is 1. The van der Waals surface area contributed by atoms with Crippen LogP contribution in [-0.2, 0) is 4.79 Å². The van der Waals surface area contributed by atoms with E-state index in [0.29, 0.717) is 17.9 Å². The van der Waals surface area contributed by atoms with Crippen LogP contribution in [0.2, 0.25) is 0 Å². The van der Waals surface area contributed by atoms with E-state index in [4.69, 9.17) is 14.7 Å². The minimum Gasteiger partial charge on any atom is -0.494 e. The van der Waals surface area contributed by atoms with Gasteiger partial charge in [-0.25, -0.2) is 0 Å². The van der Waals surface area contributed by atoms with Crippen molar-refractivity contribution in [2.75, 3.05) is 13.2 Å². The Morgan fingerprint density at radius 3 is 2.48 bits per heavy atom. The van der Waals surface area contributed by atoms with Gasteiger partial charge in [0.2, 0.25) is 0 Å². The SMILES string of the molecule is CCOc1ccc(C2CCCN2C(=O)C(C)Oc2ccc(C#N)cc2)cc1. The fraction of sp³-hybridized carbons (Fsp3) is 0.364. The molecule has 5 heteroatoms. The number of amides is 1. The molecular formula is C22H24N2O3. The molecular weight excluding hydrogens is 340 g/mol. The minimum absolute atomic E-state index is 0.0178. The Bertz CT molecular complexity index is 809. The summed E-state index contributed by atoms with van der Waals surface area (Å²) in [4.78, 5) is 14.9. The van der Waals surface area contributed by atoms with Crippen LogP contribution in [0.15, 0.2) is 48.5 Å². The molecule has 0 N–H and O–H groups in total. The van der Waals surface area contributed by atoms with Crippen LogP contribution in [0.5, 0.6) is 11.5 Å². The minimum atomic E-state index is -0.582. The highest BCUT2D eigenvalue weighted by atomic mass is 16.5. The lowest BCUT2D eigenvalue weighted by molar-refractivity contribution is -0.138. The van der Waals surface area contributed by atoms with Gasteiger partial charge in [0.1, 0.15) is 11.5 Å². The summed E-state index contributed by atoms with van der Waals surface area (Å²) in [7, 11) is 0. The van der Waals surface area contributed by atoms with Gasteiger partial charge in [-0.1, -0.05) is 12.1 Å². The molecule has 2 atom stereocenters. The normalized spacial score (nSPS) is 17.2. The standard InChI is InChI=1S/C22H24N2O3/c1-3-26-19-12-8-18(9-13-19)21-5-4-14-24(21)22(25)16(2)27-20-10-6-17(15-23)7-11-20/h6-13,16,21H,3-5,14H2,1-2H3. The first kappa shape index (κ1) is 18.8. The lowest BCUT2D eigenvalue weighted by Gasteiger charge is -2.28.